The van der Waals surface area contributed by atoms with E-state index in [0.29, 0.717) is 6.47 Å². The lowest BCUT2D eigenvalue weighted by Gasteiger charge is -1.96. The van der Waals surface area contributed by atoms with E-state index in [1.165, 1.54) is 11.1 Å². The highest BCUT2D eigenvalue weighted by atomic mass is 16.7. The summed E-state index contributed by atoms with van der Waals surface area (Å²) in [6.45, 7) is 0.369. The van der Waals surface area contributed by atoms with Crippen LogP contribution in [-0.2, 0) is 4.79 Å². The minimum absolute atomic E-state index is 0.369. The van der Waals surface area contributed by atoms with E-state index in [1.807, 2.05) is 24.3 Å². The first-order chi connectivity index (χ1) is 5.92. The molecular formula is C8H6N2O2. The lowest BCUT2D eigenvalue weighted by atomic mass is 10.3. The molecule has 0 aliphatic heterocycles. The van der Waals surface area contributed by atoms with Crippen LogP contribution in [0.4, 0.5) is 0 Å². The number of rotatable bonds is 2. The fourth-order valence-corrected chi connectivity index (χ4v) is 1.07. The Labute approximate surface area is 68.3 Å². The largest absolute Gasteiger partial charge is 0.338 e. The van der Waals surface area contributed by atoms with Crippen molar-refractivity contribution < 1.29 is 9.63 Å². The smallest absolute Gasteiger partial charge is 0.321 e. The highest BCUT2D eigenvalue weighted by Gasteiger charge is 1.99. The Bertz CT molecular complexity index is 408. The summed E-state index contributed by atoms with van der Waals surface area (Å²) in [6.07, 6.45) is 1.46. The second-order valence-corrected chi connectivity index (χ2v) is 2.26. The van der Waals surface area contributed by atoms with Crippen molar-refractivity contribution in [3.8, 4) is 0 Å². The Morgan fingerprint density at radius 2 is 2.25 bits per heavy atom. The first-order valence-corrected chi connectivity index (χ1v) is 3.44. The molecule has 4 nitrogen and oxygen atoms in total. The molecule has 0 aliphatic carbocycles. The predicted octanol–water partition coefficient (Wildman–Crippen LogP) is 0.621. The number of hydrogen-bond acceptors (Lipinski definition) is 3. The monoisotopic (exact) mass is 162 g/mol. The van der Waals surface area contributed by atoms with Crippen LogP contribution in [0, 0.1) is 0 Å². The van der Waals surface area contributed by atoms with E-state index in [1.54, 1.807) is 0 Å². The van der Waals surface area contributed by atoms with Gasteiger partial charge in [-0.25, -0.2) is 4.98 Å². The van der Waals surface area contributed by atoms with Gasteiger partial charge in [-0.15, -0.1) is 0 Å². The van der Waals surface area contributed by atoms with Gasteiger partial charge in [0.25, 0.3) is 0 Å². The summed E-state index contributed by atoms with van der Waals surface area (Å²) in [5.41, 5.74) is 1.59. The zero-order valence-corrected chi connectivity index (χ0v) is 6.18. The van der Waals surface area contributed by atoms with Gasteiger partial charge >= 0.3 is 6.47 Å². The number of benzene rings is 1. The van der Waals surface area contributed by atoms with Crippen LogP contribution in [0.5, 0.6) is 0 Å². The molecule has 2 aromatic rings. The third kappa shape index (κ3) is 0.934. The number of nitrogens with zero attached hydrogens (tertiary/aromatic N) is 2. The summed E-state index contributed by atoms with van der Waals surface area (Å²) in [4.78, 5) is 18.7. The van der Waals surface area contributed by atoms with Crippen LogP contribution in [0.1, 0.15) is 0 Å². The number of carbonyl (C=O) groups excluding carboxylic acids is 1. The molecule has 12 heavy (non-hydrogen) atoms. The van der Waals surface area contributed by atoms with E-state index < -0.39 is 0 Å². The number of para-hydroxylation sites is 2. The van der Waals surface area contributed by atoms with Crippen molar-refractivity contribution in [2.24, 2.45) is 0 Å². The summed E-state index contributed by atoms with van der Waals surface area (Å²) in [5, 5.41) is 0. The van der Waals surface area contributed by atoms with Crippen LogP contribution in [0.25, 0.3) is 11.0 Å². The second kappa shape index (κ2) is 2.65. The average molecular weight is 162 g/mol. The minimum atomic E-state index is 0.369. The first kappa shape index (κ1) is 6.84. The van der Waals surface area contributed by atoms with E-state index in [2.05, 4.69) is 9.82 Å². The van der Waals surface area contributed by atoms with Crippen molar-refractivity contribution in [1.82, 2.24) is 9.71 Å². The lowest BCUT2D eigenvalue weighted by molar-refractivity contribution is -0.128. The summed E-state index contributed by atoms with van der Waals surface area (Å²) in [7, 11) is 0. The zero-order chi connectivity index (χ0) is 8.39. The van der Waals surface area contributed by atoms with Gasteiger partial charge in [0.1, 0.15) is 11.8 Å². The molecule has 0 unspecified atom stereocenters. The van der Waals surface area contributed by atoms with Crippen LogP contribution in [0.3, 0.4) is 0 Å². The van der Waals surface area contributed by atoms with Crippen LogP contribution >= 0.6 is 0 Å². The molecule has 1 aromatic carbocycles. The Morgan fingerprint density at radius 1 is 1.42 bits per heavy atom. The van der Waals surface area contributed by atoms with E-state index in [0.717, 1.165) is 11.0 Å². The highest BCUT2D eigenvalue weighted by Crippen LogP contribution is 2.09. The fourth-order valence-electron chi connectivity index (χ4n) is 1.07. The van der Waals surface area contributed by atoms with Crippen LogP contribution < -0.4 is 4.84 Å². The number of imidazole rings is 1. The molecule has 0 aliphatic rings. The number of carbonyl (C=O) groups is 1. The molecule has 4 heteroatoms. The van der Waals surface area contributed by atoms with E-state index >= 15 is 0 Å². The van der Waals surface area contributed by atoms with Gasteiger partial charge in [0.2, 0.25) is 0 Å². The van der Waals surface area contributed by atoms with Gasteiger partial charge in [-0.05, 0) is 12.1 Å². The molecule has 0 atom stereocenters. The third-order valence-corrected chi connectivity index (χ3v) is 1.58. The van der Waals surface area contributed by atoms with E-state index in [4.69, 9.17) is 0 Å². The molecule has 2 rings (SSSR count). The molecule has 1 heterocycles. The van der Waals surface area contributed by atoms with Crippen molar-refractivity contribution in [2.75, 3.05) is 0 Å². The Hall–Kier alpha value is -1.84. The predicted molar refractivity (Wildman–Crippen MR) is 42.4 cm³/mol. The van der Waals surface area contributed by atoms with Crippen molar-refractivity contribution in [3.63, 3.8) is 0 Å². The van der Waals surface area contributed by atoms with Gasteiger partial charge < -0.3 is 4.84 Å². The Kier molecular flexibility index (Phi) is 1.51. The summed E-state index contributed by atoms with van der Waals surface area (Å²) in [6, 6.07) is 7.40. The van der Waals surface area contributed by atoms with Crippen molar-refractivity contribution in [3.05, 3.63) is 30.6 Å². The lowest BCUT2D eigenvalue weighted by Crippen LogP contribution is -2.06. The molecule has 0 spiro atoms. The molecule has 0 radical (unpaired) electrons. The molecule has 0 saturated carbocycles. The Morgan fingerprint density at radius 3 is 3.08 bits per heavy atom. The van der Waals surface area contributed by atoms with Gasteiger partial charge in [0.15, 0.2) is 0 Å². The first-order valence-electron chi connectivity index (χ1n) is 3.44. The van der Waals surface area contributed by atoms with Gasteiger partial charge in [-0.2, -0.15) is 4.73 Å². The second-order valence-electron chi connectivity index (χ2n) is 2.26. The summed E-state index contributed by atoms with van der Waals surface area (Å²) >= 11 is 0. The SMILES string of the molecule is O=COn1cnc2ccccc21. The van der Waals surface area contributed by atoms with Gasteiger partial charge in [-0.1, -0.05) is 12.1 Å². The number of hydrogen-bond donors (Lipinski definition) is 0. The molecule has 0 bridgehead atoms. The quantitative estimate of drug-likeness (QED) is 0.608. The highest BCUT2D eigenvalue weighted by molar-refractivity contribution is 5.74. The molecule has 60 valence electrons. The molecular weight excluding hydrogens is 156 g/mol. The fraction of sp³-hybridized carbons (Fsp3) is 0. The Balaban J connectivity index is 2.62. The normalized spacial score (nSPS) is 10.0. The van der Waals surface area contributed by atoms with Crippen LogP contribution in [0.15, 0.2) is 30.6 Å². The number of fused-ring (bicyclic) bond motifs is 1. The zero-order valence-electron chi connectivity index (χ0n) is 6.18. The van der Waals surface area contributed by atoms with Crippen molar-refractivity contribution >= 4 is 17.5 Å². The van der Waals surface area contributed by atoms with Crippen LogP contribution in [-0.4, -0.2) is 16.2 Å². The molecule has 0 fully saturated rings. The molecule has 0 N–H and O–H groups in total. The van der Waals surface area contributed by atoms with Crippen molar-refractivity contribution in [2.45, 2.75) is 0 Å². The maximum absolute atomic E-state index is 10.0. The maximum atomic E-state index is 10.0. The summed E-state index contributed by atoms with van der Waals surface area (Å²) < 4.78 is 1.32. The molecule has 0 saturated heterocycles. The average Bonchev–Trinajstić information content (AvgIpc) is 2.50. The van der Waals surface area contributed by atoms with Gasteiger partial charge in [0, 0.05) is 0 Å². The standard InChI is InChI=1S/C8H6N2O2/c11-6-12-10-5-9-7-3-1-2-4-8(7)10/h1-6H. The van der Waals surface area contributed by atoms with Crippen LogP contribution in [0.2, 0.25) is 0 Å². The van der Waals surface area contributed by atoms with E-state index in [9.17, 15) is 4.79 Å². The van der Waals surface area contributed by atoms with Gasteiger partial charge in [-0.3, -0.25) is 4.79 Å². The maximum Gasteiger partial charge on any atom is 0.321 e. The van der Waals surface area contributed by atoms with Crippen molar-refractivity contribution in [1.29, 1.82) is 0 Å². The molecule has 0 amide bonds. The topological polar surface area (TPSA) is 44.1 Å². The summed E-state index contributed by atoms with van der Waals surface area (Å²) in [5.74, 6) is 0. The van der Waals surface area contributed by atoms with E-state index in [-0.39, 0.29) is 0 Å². The third-order valence-electron chi connectivity index (χ3n) is 1.58. The number of aromatic nitrogens is 2. The molecule has 1 aromatic heterocycles. The minimum Gasteiger partial charge on any atom is -0.338 e. The van der Waals surface area contributed by atoms with Gasteiger partial charge in [0.05, 0.1) is 5.52 Å².